The van der Waals surface area contributed by atoms with Crippen molar-refractivity contribution in [2.45, 2.75) is 32.4 Å². The molecule has 1 unspecified atom stereocenters. The van der Waals surface area contributed by atoms with Crippen molar-refractivity contribution in [1.82, 2.24) is 4.98 Å². The fourth-order valence-corrected chi connectivity index (χ4v) is 2.19. The molecule has 0 aliphatic heterocycles. The Hall–Kier alpha value is -0.980. The lowest BCUT2D eigenvalue weighted by Gasteiger charge is -2.18. The number of ether oxygens (including phenoxy) is 1. The van der Waals surface area contributed by atoms with Crippen molar-refractivity contribution in [1.29, 1.82) is 0 Å². The Bertz CT molecular complexity index is 387. The van der Waals surface area contributed by atoms with Gasteiger partial charge in [0.05, 0.1) is 17.8 Å². The van der Waals surface area contributed by atoms with Gasteiger partial charge in [-0.15, -0.1) is 11.3 Å². The lowest BCUT2D eigenvalue weighted by atomic mass is 10.0. The molecule has 90 valence electrons. The van der Waals surface area contributed by atoms with Crippen molar-refractivity contribution in [3.8, 4) is 0 Å². The number of carboxylic acids is 1. The average molecular weight is 244 g/mol. The van der Waals surface area contributed by atoms with Crippen molar-refractivity contribution in [3.05, 3.63) is 15.6 Å². The molecule has 0 aliphatic carbocycles. The van der Waals surface area contributed by atoms with Crippen LogP contribution in [0.1, 0.15) is 40.6 Å². The van der Waals surface area contributed by atoms with Crippen molar-refractivity contribution < 1.29 is 14.6 Å². The van der Waals surface area contributed by atoms with Gasteiger partial charge in [-0.2, -0.15) is 0 Å². The van der Waals surface area contributed by atoms with Crippen LogP contribution >= 0.6 is 11.3 Å². The van der Waals surface area contributed by atoms with E-state index in [0.717, 1.165) is 11.3 Å². The molecule has 3 N–H and O–H groups in total. The summed E-state index contributed by atoms with van der Waals surface area (Å²) >= 11 is 1.12. The van der Waals surface area contributed by atoms with Crippen LogP contribution in [0.25, 0.3) is 0 Å². The first-order chi connectivity index (χ1) is 7.42. The van der Waals surface area contributed by atoms with E-state index in [0.29, 0.717) is 17.1 Å². The SMILES string of the molecule is CCC(C)(N)c1nc(COC)c(C(=O)O)s1. The lowest BCUT2D eigenvalue weighted by molar-refractivity contribution is 0.0697. The zero-order valence-electron chi connectivity index (χ0n) is 9.61. The minimum atomic E-state index is -0.984. The van der Waals surface area contributed by atoms with Crippen LogP contribution in [-0.4, -0.2) is 23.2 Å². The summed E-state index contributed by atoms with van der Waals surface area (Å²) in [6.07, 6.45) is 0.700. The molecule has 0 saturated carbocycles. The number of rotatable bonds is 5. The third-order valence-corrected chi connectivity index (χ3v) is 3.76. The van der Waals surface area contributed by atoms with E-state index < -0.39 is 11.5 Å². The number of hydrogen-bond acceptors (Lipinski definition) is 5. The Morgan fingerprint density at radius 2 is 2.31 bits per heavy atom. The van der Waals surface area contributed by atoms with Crippen LogP contribution in [0.2, 0.25) is 0 Å². The Labute approximate surface area is 98.3 Å². The fourth-order valence-electron chi connectivity index (χ4n) is 1.15. The maximum atomic E-state index is 11.0. The second kappa shape index (κ2) is 4.90. The molecule has 1 aromatic rings. The summed E-state index contributed by atoms with van der Waals surface area (Å²) in [7, 11) is 1.51. The topological polar surface area (TPSA) is 85.4 Å². The van der Waals surface area contributed by atoms with Crippen molar-refractivity contribution in [2.24, 2.45) is 5.73 Å². The van der Waals surface area contributed by atoms with E-state index in [4.69, 9.17) is 15.6 Å². The van der Waals surface area contributed by atoms with Crippen LogP contribution in [0.4, 0.5) is 0 Å². The molecular formula is C10H16N2O3S. The van der Waals surface area contributed by atoms with Crippen molar-refractivity contribution in [2.75, 3.05) is 7.11 Å². The molecule has 0 radical (unpaired) electrons. The molecular weight excluding hydrogens is 228 g/mol. The minimum absolute atomic E-state index is 0.192. The third-order valence-electron chi connectivity index (χ3n) is 2.40. The molecule has 16 heavy (non-hydrogen) atoms. The number of hydrogen-bond donors (Lipinski definition) is 2. The van der Waals surface area contributed by atoms with Crippen LogP contribution < -0.4 is 5.73 Å². The summed E-state index contributed by atoms with van der Waals surface area (Å²) in [6, 6.07) is 0. The first-order valence-corrected chi connectivity index (χ1v) is 5.75. The second-order valence-corrected chi connectivity index (χ2v) is 4.80. The lowest BCUT2D eigenvalue weighted by Crippen LogP contribution is -2.31. The molecule has 0 bridgehead atoms. The van der Waals surface area contributed by atoms with Gasteiger partial charge in [-0.25, -0.2) is 9.78 Å². The zero-order chi connectivity index (χ0) is 12.3. The smallest absolute Gasteiger partial charge is 0.347 e. The summed E-state index contributed by atoms with van der Waals surface area (Å²) in [4.78, 5) is 15.5. The molecule has 0 aliphatic rings. The number of aromatic carboxylic acids is 1. The number of aromatic nitrogens is 1. The van der Waals surface area contributed by atoms with Crippen LogP contribution in [0.5, 0.6) is 0 Å². The molecule has 0 spiro atoms. The van der Waals surface area contributed by atoms with E-state index >= 15 is 0 Å². The number of methoxy groups -OCH3 is 1. The number of nitrogens with zero attached hydrogens (tertiary/aromatic N) is 1. The third kappa shape index (κ3) is 2.58. The second-order valence-electron chi connectivity index (χ2n) is 3.80. The van der Waals surface area contributed by atoms with E-state index in [-0.39, 0.29) is 11.5 Å². The zero-order valence-corrected chi connectivity index (χ0v) is 10.4. The fraction of sp³-hybridized carbons (Fsp3) is 0.600. The highest BCUT2D eigenvalue weighted by Crippen LogP contribution is 2.29. The van der Waals surface area contributed by atoms with Crippen molar-refractivity contribution in [3.63, 3.8) is 0 Å². The van der Waals surface area contributed by atoms with Gasteiger partial charge in [0.1, 0.15) is 9.88 Å². The number of nitrogens with two attached hydrogens (primary N) is 1. The highest BCUT2D eigenvalue weighted by atomic mass is 32.1. The number of thiazole rings is 1. The van der Waals surface area contributed by atoms with Gasteiger partial charge in [0.2, 0.25) is 0 Å². The number of carboxylic acid groups (broad SMARTS) is 1. The van der Waals surface area contributed by atoms with Crippen molar-refractivity contribution >= 4 is 17.3 Å². The quantitative estimate of drug-likeness (QED) is 0.821. The summed E-state index contributed by atoms with van der Waals surface area (Å²) in [5.74, 6) is -0.984. The first-order valence-electron chi connectivity index (χ1n) is 4.93. The Morgan fingerprint density at radius 3 is 2.75 bits per heavy atom. The van der Waals surface area contributed by atoms with Crippen LogP contribution in [-0.2, 0) is 16.9 Å². The van der Waals surface area contributed by atoms with E-state index in [1.54, 1.807) is 0 Å². The summed E-state index contributed by atoms with van der Waals surface area (Å²) in [6.45, 7) is 3.98. The molecule has 0 saturated heterocycles. The van der Waals surface area contributed by atoms with E-state index in [1.807, 2.05) is 13.8 Å². The highest BCUT2D eigenvalue weighted by molar-refractivity contribution is 7.13. The predicted molar refractivity (Wildman–Crippen MR) is 61.6 cm³/mol. The predicted octanol–water partition coefficient (Wildman–Crippen LogP) is 1.57. The molecule has 5 nitrogen and oxygen atoms in total. The monoisotopic (exact) mass is 244 g/mol. The van der Waals surface area contributed by atoms with Gasteiger partial charge in [0.15, 0.2) is 0 Å². The van der Waals surface area contributed by atoms with Gasteiger partial charge in [0, 0.05) is 7.11 Å². The molecule has 0 fully saturated rings. The highest BCUT2D eigenvalue weighted by Gasteiger charge is 2.27. The maximum Gasteiger partial charge on any atom is 0.347 e. The minimum Gasteiger partial charge on any atom is -0.477 e. The van der Waals surface area contributed by atoms with Gasteiger partial charge in [-0.3, -0.25) is 0 Å². The molecule has 0 amide bonds. The Kier molecular flexibility index (Phi) is 4.01. The molecule has 1 heterocycles. The van der Waals surface area contributed by atoms with Gasteiger partial charge >= 0.3 is 5.97 Å². The molecule has 6 heteroatoms. The standard InChI is InChI=1S/C10H16N2O3S/c1-4-10(2,11)9-12-6(5-15-3)7(16-9)8(13)14/h4-5,11H2,1-3H3,(H,13,14). The summed E-state index contributed by atoms with van der Waals surface area (Å²) in [5, 5.41) is 9.66. The molecule has 0 aromatic carbocycles. The molecule has 1 aromatic heterocycles. The first kappa shape index (κ1) is 13.1. The van der Waals surface area contributed by atoms with Gasteiger partial charge < -0.3 is 15.6 Å². The normalized spacial score (nSPS) is 14.8. The number of carbonyl (C=O) groups is 1. The summed E-state index contributed by atoms with van der Waals surface area (Å²) < 4.78 is 4.92. The largest absolute Gasteiger partial charge is 0.477 e. The Balaban J connectivity index is 3.15. The van der Waals surface area contributed by atoms with E-state index in [9.17, 15) is 4.79 Å². The Morgan fingerprint density at radius 1 is 1.69 bits per heavy atom. The van der Waals surface area contributed by atoms with E-state index in [2.05, 4.69) is 4.98 Å². The van der Waals surface area contributed by atoms with Crippen LogP contribution in [0.15, 0.2) is 0 Å². The van der Waals surface area contributed by atoms with Gasteiger partial charge in [-0.05, 0) is 13.3 Å². The van der Waals surface area contributed by atoms with Gasteiger partial charge in [0.25, 0.3) is 0 Å². The molecule has 1 atom stereocenters. The summed E-state index contributed by atoms with van der Waals surface area (Å²) in [5.41, 5.74) is 5.89. The maximum absolute atomic E-state index is 11.0. The average Bonchev–Trinajstić information content (AvgIpc) is 2.63. The van der Waals surface area contributed by atoms with E-state index in [1.165, 1.54) is 7.11 Å². The van der Waals surface area contributed by atoms with Gasteiger partial charge in [-0.1, -0.05) is 6.92 Å². The van der Waals surface area contributed by atoms with Crippen LogP contribution in [0.3, 0.4) is 0 Å². The molecule has 1 rings (SSSR count). The van der Waals surface area contributed by atoms with Crippen LogP contribution in [0, 0.1) is 0 Å².